The van der Waals surface area contributed by atoms with Gasteiger partial charge in [-0.15, -0.1) is 0 Å². The first-order valence-corrected chi connectivity index (χ1v) is 13.8. The number of benzene rings is 2. The highest BCUT2D eigenvalue weighted by molar-refractivity contribution is 6.11. The summed E-state index contributed by atoms with van der Waals surface area (Å²) < 4.78 is 15.6. The molecule has 0 radical (unpaired) electrons. The van der Waals surface area contributed by atoms with Crippen molar-refractivity contribution in [3.63, 3.8) is 0 Å². The van der Waals surface area contributed by atoms with Gasteiger partial charge >= 0.3 is 0 Å². The molecule has 0 unspecified atom stereocenters. The van der Waals surface area contributed by atoms with E-state index in [1.54, 1.807) is 29.4 Å². The summed E-state index contributed by atoms with van der Waals surface area (Å²) in [7, 11) is 0. The first kappa shape index (κ1) is 26.6. The van der Waals surface area contributed by atoms with Crippen LogP contribution in [-0.4, -0.2) is 65.5 Å². The standard InChI is InChI=1S/C30H31FN8O2/c1-19-4-2-5-20-9-12-34-28(27(19)20)39(22-6-3-11-32-17-22)29(41)23-8-7-21(16-24(23)31)36-30-35-13-10-25(37-30)38-15-14-33-26(40)18-38/h2,4-5,7-10,12-13,16,22,32H,3,6,11,14-15,17-18H2,1H3,(H,33,40)(H,35,36,37)/t22-/m1/s1. The summed E-state index contributed by atoms with van der Waals surface area (Å²) >= 11 is 0. The van der Waals surface area contributed by atoms with E-state index in [0.717, 1.165) is 35.7 Å². The van der Waals surface area contributed by atoms with Crippen LogP contribution in [0.4, 0.5) is 27.7 Å². The molecule has 2 aromatic carbocycles. The average molecular weight is 555 g/mol. The van der Waals surface area contributed by atoms with Crippen molar-refractivity contribution in [2.24, 2.45) is 0 Å². The first-order chi connectivity index (χ1) is 20.0. The van der Waals surface area contributed by atoms with Crippen LogP contribution in [0.2, 0.25) is 0 Å². The van der Waals surface area contributed by atoms with Crippen LogP contribution in [-0.2, 0) is 4.79 Å². The van der Waals surface area contributed by atoms with E-state index in [0.29, 0.717) is 37.0 Å². The SMILES string of the molecule is Cc1cccc2ccnc(N(C(=O)c3ccc(Nc4nccc(N5CCNC(=O)C5)n4)cc3F)[C@@H]3CCCNC3)c12. The Labute approximate surface area is 237 Å². The van der Waals surface area contributed by atoms with Crippen molar-refractivity contribution in [2.75, 3.05) is 47.8 Å². The highest BCUT2D eigenvalue weighted by Gasteiger charge is 2.31. The Hall–Kier alpha value is -4.64. The second-order valence-corrected chi connectivity index (χ2v) is 10.3. The molecule has 2 aromatic heterocycles. The Morgan fingerprint density at radius 2 is 2.00 bits per heavy atom. The van der Waals surface area contributed by atoms with E-state index in [1.165, 1.54) is 12.1 Å². The van der Waals surface area contributed by atoms with Crippen LogP contribution < -0.4 is 25.8 Å². The van der Waals surface area contributed by atoms with E-state index in [9.17, 15) is 9.59 Å². The lowest BCUT2D eigenvalue weighted by atomic mass is 10.0. The van der Waals surface area contributed by atoms with Crippen molar-refractivity contribution in [1.29, 1.82) is 0 Å². The molecule has 2 fully saturated rings. The number of nitrogens with zero attached hydrogens (tertiary/aromatic N) is 5. The van der Waals surface area contributed by atoms with Gasteiger partial charge < -0.3 is 20.9 Å². The fraction of sp³-hybridized carbons (Fsp3) is 0.300. The number of piperazine rings is 1. The van der Waals surface area contributed by atoms with Gasteiger partial charge in [0, 0.05) is 43.1 Å². The topological polar surface area (TPSA) is 115 Å². The minimum Gasteiger partial charge on any atom is -0.353 e. The number of nitrogens with one attached hydrogen (secondary N) is 3. The molecule has 1 atom stereocenters. The lowest BCUT2D eigenvalue weighted by Crippen LogP contribution is -2.49. The van der Waals surface area contributed by atoms with E-state index in [4.69, 9.17) is 0 Å². The summed E-state index contributed by atoms with van der Waals surface area (Å²) in [6.07, 6.45) is 4.98. The summed E-state index contributed by atoms with van der Waals surface area (Å²) in [6, 6.07) is 13.8. The summed E-state index contributed by atoms with van der Waals surface area (Å²) in [5, 5.41) is 11.0. The lowest BCUT2D eigenvalue weighted by Gasteiger charge is -2.35. The molecule has 4 aromatic rings. The zero-order valence-corrected chi connectivity index (χ0v) is 22.7. The van der Waals surface area contributed by atoms with Gasteiger partial charge in [0.15, 0.2) is 0 Å². The number of aryl methyl sites for hydroxylation is 1. The van der Waals surface area contributed by atoms with Crippen LogP contribution in [0.25, 0.3) is 10.8 Å². The molecule has 2 saturated heterocycles. The largest absolute Gasteiger partial charge is 0.353 e. The second-order valence-electron chi connectivity index (χ2n) is 10.3. The van der Waals surface area contributed by atoms with Gasteiger partial charge in [-0.2, -0.15) is 4.98 Å². The van der Waals surface area contributed by atoms with Crippen molar-refractivity contribution in [3.8, 4) is 0 Å². The molecule has 11 heteroatoms. The van der Waals surface area contributed by atoms with Crippen LogP contribution >= 0.6 is 0 Å². The van der Waals surface area contributed by atoms with Crippen LogP contribution in [0, 0.1) is 12.7 Å². The molecule has 0 saturated carbocycles. The monoisotopic (exact) mass is 554 g/mol. The zero-order chi connectivity index (χ0) is 28.3. The summed E-state index contributed by atoms with van der Waals surface area (Å²) in [5.41, 5.74) is 1.36. The number of rotatable bonds is 6. The van der Waals surface area contributed by atoms with Gasteiger partial charge in [0.25, 0.3) is 5.91 Å². The van der Waals surface area contributed by atoms with Gasteiger partial charge in [-0.3, -0.25) is 14.5 Å². The lowest BCUT2D eigenvalue weighted by molar-refractivity contribution is -0.120. The number of carbonyl (C=O) groups excluding carboxylic acids is 2. The molecule has 210 valence electrons. The van der Waals surface area contributed by atoms with Crippen molar-refractivity contribution < 1.29 is 14.0 Å². The average Bonchev–Trinajstić information content (AvgIpc) is 2.98. The van der Waals surface area contributed by atoms with Crippen molar-refractivity contribution in [2.45, 2.75) is 25.8 Å². The number of fused-ring (bicyclic) bond motifs is 1. The highest BCUT2D eigenvalue weighted by atomic mass is 19.1. The molecule has 41 heavy (non-hydrogen) atoms. The van der Waals surface area contributed by atoms with E-state index < -0.39 is 11.7 Å². The summed E-state index contributed by atoms with van der Waals surface area (Å²) in [5.74, 6) is 0.231. The molecule has 3 N–H and O–H groups in total. The summed E-state index contributed by atoms with van der Waals surface area (Å²) in [4.78, 5) is 42.7. The maximum absolute atomic E-state index is 15.6. The minimum atomic E-state index is -0.658. The third kappa shape index (κ3) is 5.53. The maximum atomic E-state index is 15.6. The number of carbonyl (C=O) groups is 2. The number of hydrogen-bond acceptors (Lipinski definition) is 8. The van der Waals surface area contributed by atoms with Gasteiger partial charge in [0.1, 0.15) is 17.5 Å². The fourth-order valence-electron chi connectivity index (χ4n) is 5.50. The van der Waals surface area contributed by atoms with Gasteiger partial charge in [0.05, 0.1) is 18.2 Å². The van der Waals surface area contributed by atoms with Gasteiger partial charge in [0.2, 0.25) is 11.9 Å². The third-order valence-corrected chi connectivity index (χ3v) is 7.52. The van der Waals surface area contributed by atoms with Crippen LogP contribution in [0.3, 0.4) is 0 Å². The Morgan fingerprint density at radius 1 is 1.12 bits per heavy atom. The summed E-state index contributed by atoms with van der Waals surface area (Å²) in [6.45, 7) is 4.85. The molecule has 2 aliphatic heterocycles. The number of halogens is 1. The van der Waals surface area contributed by atoms with E-state index >= 15 is 4.39 Å². The molecule has 2 amide bonds. The van der Waals surface area contributed by atoms with E-state index in [2.05, 4.69) is 30.9 Å². The molecule has 2 aliphatic rings. The highest BCUT2D eigenvalue weighted by Crippen LogP contribution is 2.32. The quantitative estimate of drug-likeness (QED) is 0.332. The minimum absolute atomic E-state index is 0.0393. The first-order valence-electron chi connectivity index (χ1n) is 13.8. The predicted molar refractivity (Wildman–Crippen MR) is 156 cm³/mol. The van der Waals surface area contributed by atoms with Gasteiger partial charge in [-0.1, -0.05) is 18.2 Å². The Balaban J connectivity index is 1.29. The number of piperidine rings is 1. The number of aromatic nitrogens is 3. The number of amides is 2. The number of anilines is 4. The normalized spacial score (nSPS) is 17.3. The van der Waals surface area contributed by atoms with Crippen LogP contribution in [0.15, 0.2) is 60.9 Å². The molecule has 0 aliphatic carbocycles. The van der Waals surface area contributed by atoms with Gasteiger partial charge in [-0.25, -0.2) is 14.4 Å². The Kier molecular flexibility index (Phi) is 7.43. The van der Waals surface area contributed by atoms with Crippen LogP contribution in [0.1, 0.15) is 28.8 Å². The number of pyridine rings is 1. The molecular formula is C30H31FN8O2. The van der Waals surface area contributed by atoms with E-state index in [-0.39, 0.29) is 30.0 Å². The molecular weight excluding hydrogens is 523 g/mol. The zero-order valence-electron chi connectivity index (χ0n) is 22.7. The Bertz CT molecular complexity index is 1600. The van der Waals surface area contributed by atoms with Crippen molar-refractivity contribution in [1.82, 2.24) is 25.6 Å². The third-order valence-electron chi connectivity index (χ3n) is 7.52. The smallest absolute Gasteiger partial charge is 0.262 e. The van der Waals surface area contributed by atoms with Crippen molar-refractivity contribution >= 4 is 45.9 Å². The molecule has 4 heterocycles. The molecule has 10 nitrogen and oxygen atoms in total. The van der Waals surface area contributed by atoms with E-state index in [1.807, 2.05) is 36.1 Å². The predicted octanol–water partition coefficient (Wildman–Crippen LogP) is 3.55. The van der Waals surface area contributed by atoms with Gasteiger partial charge in [-0.05, 0) is 67.6 Å². The van der Waals surface area contributed by atoms with Crippen LogP contribution in [0.5, 0.6) is 0 Å². The molecule has 6 rings (SSSR count). The second kappa shape index (κ2) is 11.5. The van der Waals surface area contributed by atoms with Crippen molar-refractivity contribution in [3.05, 3.63) is 77.9 Å². The number of hydrogen-bond donors (Lipinski definition) is 3. The maximum Gasteiger partial charge on any atom is 0.262 e. The molecule has 0 spiro atoms. The molecule has 0 bridgehead atoms. The fourth-order valence-corrected chi connectivity index (χ4v) is 5.50. The Morgan fingerprint density at radius 3 is 2.80 bits per heavy atom.